The van der Waals surface area contributed by atoms with Crippen molar-refractivity contribution in [2.75, 3.05) is 39.4 Å². The lowest BCUT2D eigenvalue weighted by molar-refractivity contribution is 0.0376. The summed E-state index contributed by atoms with van der Waals surface area (Å²) < 4.78 is 7.27. The van der Waals surface area contributed by atoms with Crippen LogP contribution in [0.15, 0.2) is 47.7 Å². The zero-order valence-corrected chi connectivity index (χ0v) is 15.2. The van der Waals surface area contributed by atoms with Crippen LogP contribution in [-0.2, 0) is 17.8 Å². The van der Waals surface area contributed by atoms with Crippen LogP contribution in [0.1, 0.15) is 17.5 Å². The van der Waals surface area contributed by atoms with Gasteiger partial charge in [0.1, 0.15) is 0 Å². The molecule has 0 radical (unpaired) electrons. The molecule has 0 unspecified atom stereocenters. The van der Waals surface area contributed by atoms with E-state index in [1.165, 1.54) is 11.1 Å². The van der Waals surface area contributed by atoms with E-state index in [0.717, 1.165) is 52.4 Å². The smallest absolute Gasteiger partial charge is 0.188 e. The van der Waals surface area contributed by atoms with Crippen LogP contribution in [0.2, 0.25) is 0 Å². The minimum absolute atomic E-state index is 0.501. The summed E-state index contributed by atoms with van der Waals surface area (Å²) in [6.07, 6.45) is 4.80. The van der Waals surface area contributed by atoms with E-state index in [0.29, 0.717) is 12.5 Å². The first-order chi connectivity index (χ1) is 12.8. The highest BCUT2D eigenvalue weighted by molar-refractivity contribution is 5.77. The molecule has 1 aromatic heterocycles. The Kier molecular flexibility index (Phi) is 7.04. The van der Waals surface area contributed by atoms with Gasteiger partial charge in [-0.05, 0) is 30.2 Å². The van der Waals surface area contributed by atoms with Crippen LogP contribution < -0.4 is 11.1 Å². The Hall–Kier alpha value is -2.38. The summed E-state index contributed by atoms with van der Waals surface area (Å²) in [4.78, 5) is 6.91. The maximum Gasteiger partial charge on any atom is 0.188 e. The zero-order chi connectivity index (χ0) is 18.0. The quantitative estimate of drug-likeness (QED) is 0.420. The van der Waals surface area contributed by atoms with Crippen molar-refractivity contribution in [2.24, 2.45) is 10.7 Å². The first kappa shape index (κ1) is 18.4. The molecule has 1 aliphatic rings. The second kappa shape index (κ2) is 9.94. The van der Waals surface area contributed by atoms with Gasteiger partial charge in [0.15, 0.2) is 5.96 Å². The third-order valence-corrected chi connectivity index (χ3v) is 4.49. The summed E-state index contributed by atoms with van der Waals surface area (Å²) >= 11 is 0. The molecule has 3 N–H and O–H groups in total. The molecule has 1 aliphatic heterocycles. The minimum atomic E-state index is 0.501. The molecule has 0 saturated carbocycles. The molecule has 140 valence electrons. The number of guanidine groups is 1. The number of benzene rings is 1. The molecule has 2 aromatic rings. The van der Waals surface area contributed by atoms with Crippen molar-refractivity contribution in [1.82, 2.24) is 20.0 Å². The van der Waals surface area contributed by atoms with Crippen LogP contribution in [0.3, 0.4) is 0 Å². The highest BCUT2D eigenvalue weighted by Gasteiger charge is 2.09. The molecule has 0 bridgehead atoms. The normalized spacial score (nSPS) is 15.9. The summed E-state index contributed by atoms with van der Waals surface area (Å²) in [5.74, 6) is 0.501. The van der Waals surface area contributed by atoms with Crippen molar-refractivity contribution in [3.63, 3.8) is 0 Å². The molecule has 1 fully saturated rings. The fraction of sp³-hybridized carbons (Fsp3) is 0.474. The lowest BCUT2D eigenvalue weighted by Crippen LogP contribution is -2.39. The van der Waals surface area contributed by atoms with E-state index in [2.05, 4.69) is 32.4 Å². The molecule has 26 heavy (non-hydrogen) atoms. The molecule has 0 spiro atoms. The van der Waals surface area contributed by atoms with Crippen LogP contribution in [0.5, 0.6) is 0 Å². The second-order valence-corrected chi connectivity index (χ2v) is 6.41. The van der Waals surface area contributed by atoms with E-state index in [-0.39, 0.29) is 0 Å². The lowest BCUT2D eigenvalue weighted by Gasteiger charge is -2.26. The van der Waals surface area contributed by atoms with Gasteiger partial charge in [0.05, 0.1) is 26.3 Å². The molecular formula is C19H28N6O. The average Bonchev–Trinajstić information content (AvgIpc) is 3.18. The third-order valence-electron chi connectivity index (χ3n) is 4.49. The van der Waals surface area contributed by atoms with Gasteiger partial charge in [-0.25, -0.2) is 4.99 Å². The van der Waals surface area contributed by atoms with Crippen LogP contribution >= 0.6 is 0 Å². The Bertz CT molecular complexity index is 679. The molecule has 7 heteroatoms. The molecule has 1 aromatic carbocycles. The number of hydrogen-bond acceptors (Lipinski definition) is 4. The number of nitrogens with one attached hydrogen (secondary N) is 1. The summed E-state index contributed by atoms with van der Waals surface area (Å²) in [6, 6.07) is 10.2. The number of nitrogens with two attached hydrogens (primary N) is 1. The van der Waals surface area contributed by atoms with Crippen LogP contribution in [0.4, 0.5) is 0 Å². The van der Waals surface area contributed by atoms with Gasteiger partial charge in [-0.2, -0.15) is 5.10 Å². The van der Waals surface area contributed by atoms with Gasteiger partial charge in [0.25, 0.3) is 0 Å². The summed E-state index contributed by atoms with van der Waals surface area (Å²) in [5.41, 5.74) is 8.39. The molecule has 0 aliphatic carbocycles. The monoisotopic (exact) mass is 356 g/mol. The number of aliphatic imine (C=N–C) groups is 1. The van der Waals surface area contributed by atoms with Crippen molar-refractivity contribution in [3.8, 4) is 0 Å². The topological polar surface area (TPSA) is 80.7 Å². The van der Waals surface area contributed by atoms with E-state index in [4.69, 9.17) is 10.5 Å². The van der Waals surface area contributed by atoms with Gasteiger partial charge < -0.3 is 15.8 Å². The Morgan fingerprint density at radius 3 is 2.77 bits per heavy atom. The van der Waals surface area contributed by atoms with Gasteiger partial charge in [-0.3, -0.25) is 9.58 Å². The lowest BCUT2D eigenvalue weighted by atomic mass is 10.1. The highest BCUT2D eigenvalue weighted by atomic mass is 16.5. The van der Waals surface area contributed by atoms with E-state index in [9.17, 15) is 0 Å². The van der Waals surface area contributed by atoms with Crippen molar-refractivity contribution in [1.29, 1.82) is 0 Å². The van der Waals surface area contributed by atoms with Gasteiger partial charge in [-0.1, -0.05) is 24.3 Å². The van der Waals surface area contributed by atoms with Gasteiger partial charge >= 0.3 is 0 Å². The van der Waals surface area contributed by atoms with Crippen molar-refractivity contribution < 1.29 is 4.74 Å². The maximum absolute atomic E-state index is 6.01. The molecule has 1 saturated heterocycles. The van der Waals surface area contributed by atoms with Crippen LogP contribution in [0, 0.1) is 0 Å². The fourth-order valence-electron chi connectivity index (χ4n) is 3.00. The van der Waals surface area contributed by atoms with E-state index < -0.39 is 0 Å². The number of aromatic nitrogens is 2. The largest absolute Gasteiger partial charge is 0.379 e. The SMILES string of the molecule is NC(=NCc1ccccc1Cn1cccn1)NCCCN1CCOCC1. The number of ether oxygens (including phenoxy) is 1. The number of hydrogen-bond donors (Lipinski definition) is 2. The molecule has 0 amide bonds. The number of morpholine rings is 1. The van der Waals surface area contributed by atoms with Gasteiger partial charge in [0, 0.05) is 32.0 Å². The summed E-state index contributed by atoms with van der Waals surface area (Å²) in [6.45, 7) is 6.94. The van der Waals surface area contributed by atoms with Gasteiger partial charge in [0.2, 0.25) is 0 Å². The maximum atomic E-state index is 6.01. The zero-order valence-electron chi connectivity index (χ0n) is 15.2. The van der Waals surface area contributed by atoms with Crippen molar-refractivity contribution in [3.05, 3.63) is 53.9 Å². The van der Waals surface area contributed by atoms with E-state index in [1.807, 2.05) is 29.1 Å². The standard InChI is InChI=1S/C19H28N6O/c20-19(21-7-3-9-24-11-13-26-14-12-24)22-15-17-5-1-2-6-18(17)16-25-10-4-8-23-25/h1-2,4-6,8,10H,3,7,9,11-16H2,(H3,20,21,22). The Morgan fingerprint density at radius 2 is 2.00 bits per heavy atom. The number of rotatable bonds is 8. The first-order valence-corrected chi connectivity index (χ1v) is 9.19. The fourth-order valence-corrected chi connectivity index (χ4v) is 3.00. The minimum Gasteiger partial charge on any atom is -0.379 e. The number of nitrogens with zero attached hydrogens (tertiary/aromatic N) is 4. The van der Waals surface area contributed by atoms with Crippen molar-refractivity contribution >= 4 is 5.96 Å². The molecule has 2 heterocycles. The highest BCUT2D eigenvalue weighted by Crippen LogP contribution is 2.11. The summed E-state index contributed by atoms with van der Waals surface area (Å²) in [7, 11) is 0. The van der Waals surface area contributed by atoms with E-state index in [1.54, 1.807) is 6.20 Å². The predicted octanol–water partition coefficient (Wildman–Crippen LogP) is 1.06. The van der Waals surface area contributed by atoms with Crippen LogP contribution in [0.25, 0.3) is 0 Å². The molecular weight excluding hydrogens is 328 g/mol. The van der Waals surface area contributed by atoms with E-state index >= 15 is 0 Å². The van der Waals surface area contributed by atoms with Crippen molar-refractivity contribution in [2.45, 2.75) is 19.5 Å². The Balaban J connectivity index is 1.43. The Morgan fingerprint density at radius 1 is 1.19 bits per heavy atom. The predicted molar refractivity (Wildman–Crippen MR) is 103 cm³/mol. The van der Waals surface area contributed by atoms with Gasteiger partial charge in [-0.15, -0.1) is 0 Å². The second-order valence-electron chi connectivity index (χ2n) is 6.41. The molecule has 0 atom stereocenters. The van der Waals surface area contributed by atoms with Crippen LogP contribution in [-0.4, -0.2) is 60.0 Å². The molecule has 7 nitrogen and oxygen atoms in total. The summed E-state index contributed by atoms with van der Waals surface area (Å²) in [5, 5.41) is 7.48. The Labute approximate surface area is 154 Å². The first-order valence-electron chi connectivity index (χ1n) is 9.19. The average molecular weight is 356 g/mol. The third kappa shape index (κ3) is 5.86. The molecule has 3 rings (SSSR count).